The highest BCUT2D eigenvalue weighted by Crippen LogP contribution is 2.20. The summed E-state index contributed by atoms with van der Waals surface area (Å²) in [5.74, 6) is 0.262. The molecule has 4 rings (SSSR count). The molecule has 0 atom stereocenters. The smallest absolute Gasteiger partial charge is 0.343 e. The maximum atomic E-state index is 12.7. The van der Waals surface area contributed by atoms with E-state index in [4.69, 9.17) is 28.4 Å². The summed E-state index contributed by atoms with van der Waals surface area (Å²) >= 11 is 0. The summed E-state index contributed by atoms with van der Waals surface area (Å²) in [5.41, 5.74) is 3.68. The quantitative estimate of drug-likeness (QED) is 0.0218. The van der Waals surface area contributed by atoms with Gasteiger partial charge in [0.05, 0.1) is 49.0 Å². The maximum absolute atomic E-state index is 12.7. The number of nitrogens with zero attached hydrogens (tertiary/aromatic N) is 2. The van der Waals surface area contributed by atoms with Gasteiger partial charge in [0.2, 0.25) is 0 Å². The zero-order valence-corrected chi connectivity index (χ0v) is 31.2. The van der Waals surface area contributed by atoms with E-state index in [2.05, 4.69) is 16.8 Å². The van der Waals surface area contributed by atoms with E-state index in [9.17, 15) is 19.2 Å². The monoisotopic (exact) mass is 748 g/mol. The molecule has 4 aromatic carbocycles. The van der Waals surface area contributed by atoms with Gasteiger partial charge in [-0.2, -0.15) is 10.2 Å². The molecule has 0 aliphatic rings. The molecule has 0 N–H and O–H groups in total. The molecule has 0 aliphatic carbocycles. The molecular weight excluding hydrogens is 704 g/mol. The Bertz CT molecular complexity index is 1950. The maximum Gasteiger partial charge on any atom is 0.343 e. The van der Waals surface area contributed by atoms with Gasteiger partial charge in [0.25, 0.3) is 0 Å². The number of rotatable bonds is 20. The molecule has 0 aliphatic heterocycles. The molecule has 0 saturated carbocycles. The number of hydrogen-bond acceptors (Lipinski definition) is 12. The van der Waals surface area contributed by atoms with Crippen molar-refractivity contribution in [3.8, 4) is 23.0 Å². The van der Waals surface area contributed by atoms with E-state index in [1.54, 1.807) is 97.1 Å². The molecule has 55 heavy (non-hydrogen) atoms. The van der Waals surface area contributed by atoms with Crippen molar-refractivity contribution in [2.24, 2.45) is 10.2 Å². The first kappa shape index (κ1) is 41.2. The molecule has 0 bridgehead atoms. The molecule has 0 amide bonds. The van der Waals surface area contributed by atoms with Gasteiger partial charge in [0.1, 0.15) is 23.0 Å². The van der Waals surface area contributed by atoms with Crippen LogP contribution in [0, 0.1) is 0 Å². The first-order valence-corrected chi connectivity index (χ1v) is 17.7. The van der Waals surface area contributed by atoms with Crippen LogP contribution in [0.25, 0.3) is 0 Å². The SMILES string of the molecule is C=CC(=O)OCCCCOc1ccc(C(=O)Oc2ccc(/C(C)=N/N=C(\C)c3ccc(OC(=O)c4ccc(OCCCCOC(C)=O)cc4)cc3)cc2)cc1. The van der Waals surface area contributed by atoms with Crippen molar-refractivity contribution in [2.45, 2.75) is 46.5 Å². The minimum Gasteiger partial charge on any atom is -0.494 e. The van der Waals surface area contributed by atoms with Crippen LogP contribution in [-0.2, 0) is 19.1 Å². The summed E-state index contributed by atoms with van der Waals surface area (Å²) in [6, 6.07) is 27.3. The average molecular weight is 749 g/mol. The number of carbonyl (C=O) groups is 4. The predicted molar refractivity (Wildman–Crippen MR) is 207 cm³/mol. The van der Waals surface area contributed by atoms with Crippen LogP contribution >= 0.6 is 0 Å². The van der Waals surface area contributed by atoms with Crippen LogP contribution in [0.3, 0.4) is 0 Å². The summed E-state index contributed by atoms with van der Waals surface area (Å²) in [6.07, 6.45) is 3.93. The minimum atomic E-state index is -0.503. The first-order chi connectivity index (χ1) is 26.6. The lowest BCUT2D eigenvalue weighted by Crippen LogP contribution is -2.09. The van der Waals surface area contributed by atoms with E-state index in [0.717, 1.165) is 23.6 Å². The number of carbonyl (C=O) groups excluding carboxylic acids is 4. The highest BCUT2D eigenvalue weighted by Gasteiger charge is 2.11. The standard InChI is InChI=1S/C43H44N2O10/c1-5-41(47)53-29-9-8-28-52-38-20-16-36(17-21-38)43(49)55-40-24-12-34(13-25-40)31(3)45-44-30(2)33-10-22-39(23-11-33)54-42(48)35-14-18-37(19-15-35)51-27-7-6-26-50-32(4)46/h5,10-25H,1,6-9,26-29H2,2-4H3/b44-30+,45-31+. The van der Waals surface area contributed by atoms with Crippen molar-refractivity contribution >= 4 is 35.3 Å². The van der Waals surface area contributed by atoms with Crippen LogP contribution in [-0.4, -0.2) is 61.7 Å². The third-order valence-electron chi connectivity index (χ3n) is 7.83. The Balaban J connectivity index is 1.20. The van der Waals surface area contributed by atoms with E-state index in [-0.39, 0.29) is 5.97 Å². The van der Waals surface area contributed by atoms with Crippen LogP contribution in [0.15, 0.2) is 120 Å². The Morgan fingerprint density at radius 2 is 0.836 bits per heavy atom. The summed E-state index contributed by atoms with van der Waals surface area (Å²) in [4.78, 5) is 47.2. The lowest BCUT2D eigenvalue weighted by molar-refractivity contribution is -0.141. The van der Waals surface area contributed by atoms with Crippen LogP contribution in [0.2, 0.25) is 0 Å². The van der Waals surface area contributed by atoms with E-state index in [1.165, 1.54) is 6.92 Å². The molecule has 286 valence electrons. The van der Waals surface area contributed by atoms with Gasteiger partial charge in [0.15, 0.2) is 0 Å². The second-order valence-electron chi connectivity index (χ2n) is 12.1. The number of ether oxygens (including phenoxy) is 6. The molecule has 0 radical (unpaired) electrons. The predicted octanol–water partition coefficient (Wildman–Crippen LogP) is 7.97. The molecule has 0 heterocycles. The second-order valence-corrected chi connectivity index (χ2v) is 12.1. The van der Waals surface area contributed by atoms with Crippen molar-refractivity contribution in [3.05, 3.63) is 132 Å². The molecule has 0 unspecified atom stereocenters. The van der Waals surface area contributed by atoms with Crippen LogP contribution in [0.1, 0.15) is 78.3 Å². The number of benzene rings is 4. The summed E-state index contributed by atoms with van der Waals surface area (Å²) in [6.45, 7) is 9.97. The molecular formula is C43H44N2O10. The average Bonchev–Trinajstić information content (AvgIpc) is 3.20. The minimum absolute atomic E-state index is 0.298. The summed E-state index contributed by atoms with van der Waals surface area (Å²) in [7, 11) is 0. The van der Waals surface area contributed by atoms with Gasteiger partial charge in [-0.1, -0.05) is 6.58 Å². The van der Waals surface area contributed by atoms with Gasteiger partial charge in [0, 0.05) is 13.0 Å². The van der Waals surface area contributed by atoms with Gasteiger partial charge in [-0.15, -0.1) is 0 Å². The number of hydrogen-bond donors (Lipinski definition) is 0. The largest absolute Gasteiger partial charge is 0.494 e. The molecule has 0 saturated heterocycles. The van der Waals surface area contributed by atoms with E-state index in [0.29, 0.717) is 91.2 Å². The first-order valence-electron chi connectivity index (χ1n) is 17.7. The van der Waals surface area contributed by atoms with Gasteiger partial charge in [-0.25, -0.2) is 14.4 Å². The van der Waals surface area contributed by atoms with Crippen molar-refractivity contribution in [1.29, 1.82) is 0 Å². The Kier molecular flexibility index (Phi) is 16.4. The van der Waals surface area contributed by atoms with Crippen molar-refractivity contribution < 1.29 is 47.6 Å². The summed E-state index contributed by atoms with van der Waals surface area (Å²) in [5, 5.41) is 8.73. The van der Waals surface area contributed by atoms with Gasteiger partial charge >= 0.3 is 23.9 Å². The van der Waals surface area contributed by atoms with Crippen molar-refractivity contribution in [1.82, 2.24) is 0 Å². The fourth-order valence-corrected chi connectivity index (χ4v) is 4.74. The van der Waals surface area contributed by atoms with Gasteiger partial charge < -0.3 is 28.4 Å². The third-order valence-corrected chi connectivity index (χ3v) is 7.83. The lowest BCUT2D eigenvalue weighted by Gasteiger charge is -2.08. The molecule has 4 aromatic rings. The highest BCUT2D eigenvalue weighted by atomic mass is 16.5. The molecule has 0 aromatic heterocycles. The Hall–Kier alpha value is -6.56. The number of esters is 4. The zero-order valence-electron chi connectivity index (χ0n) is 31.2. The fraction of sp³-hybridized carbons (Fsp3) is 0.256. The second kappa shape index (κ2) is 21.8. The Morgan fingerprint density at radius 3 is 1.22 bits per heavy atom. The third kappa shape index (κ3) is 14.4. The lowest BCUT2D eigenvalue weighted by atomic mass is 10.1. The van der Waals surface area contributed by atoms with E-state index >= 15 is 0 Å². The molecule has 12 nitrogen and oxygen atoms in total. The van der Waals surface area contributed by atoms with Crippen LogP contribution in [0.4, 0.5) is 0 Å². The van der Waals surface area contributed by atoms with Crippen molar-refractivity contribution in [2.75, 3.05) is 26.4 Å². The van der Waals surface area contributed by atoms with E-state index < -0.39 is 17.9 Å². The molecule has 0 spiro atoms. The van der Waals surface area contributed by atoms with Gasteiger partial charge in [-0.3, -0.25) is 4.79 Å². The van der Waals surface area contributed by atoms with Crippen LogP contribution in [0.5, 0.6) is 23.0 Å². The summed E-state index contributed by atoms with van der Waals surface area (Å²) < 4.78 is 32.2. The van der Waals surface area contributed by atoms with Crippen LogP contribution < -0.4 is 18.9 Å². The zero-order chi connectivity index (χ0) is 39.4. The van der Waals surface area contributed by atoms with Crippen molar-refractivity contribution in [3.63, 3.8) is 0 Å². The van der Waals surface area contributed by atoms with Gasteiger partial charge in [-0.05, 0) is 148 Å². The molecule has 12 heteroatoms. The Labute approximate surface area is 320 Å². The van der Waals surface area contributed by atoms with E-state index in [1.807, 2.05) is 13.8 Å². The number of unbranched alkanes of at least 4 members (excludes halogenated alkanes) is 2. The highest BCUT2D eigenvalue weighted by molar-refractivity contribution is 6.02. The Morgan fingerprint density at radius 1 is 0.491 bits per heavy atom. The molecule has 0 fully saturated rings. The fourth-order valence-electron chi connectivity index (χ4n) is 4.74. The topological polar surface area (TPSA) is 148 Å². The normalized spacial score (nSPS) is 11.3.